The minimum atomic E-state index is -3.27. The molecule has 6 nitrogen and oxygen atoms in total. The van der Waals surface area contributed by atoms with E-state index in [9.17, 15) is 8.42 Å². The first kappa shape index (κ1) is 16.0. The maximum absolute atomic E-state index is 11.7. The fourth-order valence-electron chi connectivity index (χ4n) is 3.14. The van der Waals surface area contributed by atoms with Gasteiger partial charge in [0.1, 0.15) is 23.4 Å². The first-order valence-electron chi connectivity index (χ1n) is 7.93. The molecular weight excluding hydrogens is 340 g/mol. The number of nitrogens with one attached hydrogen (secondary N) is 1. The number of hydrogen-bond acceptors (Lipinski definition) is 5. The Morgan fingerprint density at radius 3 is 2.80 bits per heavy atom. The van der Waals surface area contributed by atoms with Crippen LogP contribution < -0.4 is 9.47 Å². The number of fused-ring (bicyclic) bond motifs is 2. The predicted molar refractivity (Wildman–Crippen MR) is 95.0 cm³/mol. The summed E-state index contributed by atoms with van der Waals surface area (Å²) >= 11 is 0. The zero-order valence-corrected chi connectivity index (χ0v) is 15.0. The summed E-state index contributed by atoms with van der Waals surface area (Å²) in [5.41, 5.74) is 3.25. The van der Waals surface area contributed by atoms with Gasteiger partial charge >= 0.3 is 0 Å². The van der Waals surface area contributed by atoms with Gasteiger partial charge in [-0.25, -0.2) is 13.4 Å². The molecule has 0 aliphatic carbocycles. The standard InChI is InChI=1S/C18H18N2O4S/c1-10-6-11-7-17(23-2)13(9-16(11)24-10)18-19-14-5-4-12(25(3,21)22)8-15(14)20-18/h4-5,7-10H,6H2,1-3H3,(H,19,20). The third-order valence-corrected chi connectivity index (χ3v) is 5.46. The van der Waals surface area contributed by atoms with Crippen LogP contribution in [0.4, 0.5) is 0 Å². The molecule has 0 fully saturated rings. The average Bonchev–Trinajstić information content (AvgIpc) is 3.13. The SMILES string of the molecule is COc1cc2c(cc1-c1nc3ccc(S(C)(=O)=O)cc3[nH]1)OC(C)C2. The second-order valence-electron chi connectivity index (χ2n) is 6.33. The first-order chi connectivity index (χ1) is 11.8. The van der Waals surface area contributed by atoms with Crippen molar-refractivity contribution in [1.82, 2.24) is 9.97 Å². The summed E-state index contributed by atoms with van der Waals surface area (Å²) in [6, 6.07) is 8.76. The molecule has 0 bridgehead atoms. The number of ether oxygens (including phenoxy) is 2. The van der Waals surface area contributed by atoms with Gasteiger partial charge in [-0.3, -0.25) is 0 Å². The molecule has 7 heteroatoms. The Hall–Kier alpha value is -2.54. The molecule has 1 atom stereocenters. The van der Waals surface area contributed by atoms with Crippen LogP contribution >= 0.6 is 0 Å². The minimum absolute atomic E-state index is 0.142. The molecule has 130 valence electrons. The summed E-state index contributed by atoms with van der Waals surface area (Å²) in [7, 11) is -1.65. The number of H-pyrrole nitrogens is 1. The molecule has 0 amide bonds. The van der Waals surface area contributed by atoms with Gasteiger partial charge in [-0.2, -0.15) is 0 Å². The Labute approximate surface area is 145 Å². The van der Waals surface area contributed by atoms with Crippen LogP contribution in [-0.4, -0.2) is 37.9 Å². The fraction of sp³-hybridized carbons (Fsp3) is 0.278. The lowest BCUT2D eigenvalue weighted by Gasteiger charge is -2.09. The van der Waals surface area contributed by atoms with Crippen molar-refractivity contribution in [2.24, 2.45) is 0 Å². The molecule has 0 saturated heterocycles. The molecule has 3 aromatic rings. The van der Waals surface area contributed by atoms with E-state index in [1.807, 2.05) is 19.1 Å². The van der Waals surface area contributed by atoms with Crippen LogP contribution in [0.3, 0.4) is 0 Å². The fourth-order valence-corrected chi connectivity index (χ4v) is 3.79. The van der Waals surface area contributed by atoms with Gasteiger partial charge in [-0.1, -0.05) is 0 Å². The summed E-state index contributed by atoms with van der Waals surface area (Å²) in [6.45, 7) is 2.03. The summed E-state index contributed by atoms with van der Waals surface area (Å²) in [5.74, 6) is 2.16. The molecule has 25 heavy (non-hydrogen) atoms. The van der Waals surface area contributed by atoms with Crippen LogP contribution in [0.15, 0.2) is 35.2 Å². The number of nitrogens with zero attached hydrogens (tertiary/aromatic N) is 1. The van der Waals surface area contributed by atoms with Crippen molar-refractivity contribution in [3.63, 3.8) is 0 Å². The molecule has 2 aromatic carbocycles. The lowest BCUT2D eigenvalue weighted by atomic mass is 10.1. The Morgan fingerprint density at radius 1 is 1.28 bits per heavy atom. The molecule has 0 saturated carbocycles. The van der Waals surface area contributed by atoms with Crippen LogP contribution in [-0.2, 0) is 16.3 Å². The Bertz CT molecular complexity index is 1090. The smallest absolute Gasteiger partial charge is 0.175 e. The Balaban J connectivity index is 1.86. The maximum atomic E-state index is 11.7. The van der Waals surface area contributed by atoms with E-state index in [4.69, 9.17) is 9.47 Å². The van der Waals surface area contributed by atoms with E-state index in [0.717, 1.165) is 23.3 Å². The van der Waals surface area contributed by atoms with Crippen LogP contribution in [0, 0.1) is 0 Å². The van der Waals surface area contributed by atoms with Crippen LogP contribution in [0.25, 0.3) is 22.4 Å². The van der Waals surface area contributed by atoms with Gasteiger partial charge in [0.15, 0.2) is 9.84 Å². The number of sulfone groups is 1. The molecule has 2 heterocycles. The summed E-state index contributed by atoms with van der Waals surface area (Å²) < 4.78 is 34.8. The largest absolute Gasteiger partial charge is 0.496 e. The molecule has 1 aliphatic heterocycles. The molecule has 4 rings (SSSR count). The van der Waals surface area contributed by atoms with Crippen LogP contribution in [0.5, 0.6) is 11.5 Å². The number of aromatic amines is 1. The molecule has 1 N–H and O–H groups in total. The van der Waals surface area contributed by atoms with E-state index < -0.39 is 9.84 Å². The molecule has 0 spiro atoms. The predicted octanol–water partition coefficient (Wildman–Crippen LogP) is 2.97. The molecule has 1 aliphatic rings. The quantitative estimate of drug-likeness (QED) is 0.778. The minimum Gasteiger partial charge on any atom is -0.496 e. The van der Waals surface area contributed by atoms with Gasteiger partial charge in [-0.05, 0) is 37.3 Å². The highest BCUT2D eigenvalue weighted by Crippen LogP contribution is 2.39. The average molecular weight is 358 g/mol. The summed E-state index contributed by atoms with van der Waals surface area (Å²) in [6.07, 6.45) is 2.18. The van der Waals surface area contributed by atoms with Crippen molar-refractivity contribution in [3.8, 4) is 22.9 Å². The van der Waals surface area contributed by atoms with Gasteiger partial charge in [-0.15, -0.1) is 0 Å². The number of benzene rings is 2. The van der Waals surface area contributed by atoms with E-state index in [1.165, 1.54) is 6.26 Å². The van der Waals surface area contributed by atoms with Crippen molar-refractivity contribution in [2.45, 2.75) is 24.3 Å². The normalized spacial score (nSPS) is 16.7. The van der Waals surface area contributed by atoms with Gasteiger partial charge in [0.05, 0.1) is 28.6 Å². The maximum Gasteiger partial charge on any atom is 0.175 e. The summed E-state index contributed by atoms with van der Waals surface area (Å²) in [5, 5.41) is 0. The second-order valence-corrected chi connectivity index (χ2v) is 8.35. The van der Waals surface area contributed by atoms with Crippen LogP contribution in [0.2, 0.25) is 0 Å². The highest BCUT2D eigenvalue weighted by Gasteiger charge is 2.23. The van der Waals surface area contributed by atoms with E-state index in [1.54, 1.807) is 25.3 Å². The molecule has 1 unspecified atom stereocenters. The van der Waals surface area contributed by atoms with Crippen molar-refractivity contribution >= 4 is 20.9 Å². The third-order valence-electron chi connectivity index (χ3n) is 4.35. The van der Waals surface area contributed by atoms with Gasteiger partial charge < -0.3 is 14.5 Å². The zero-order valence-electron chi connectivity index (χ0n) is 14.2. The van der Waals surface area contributed by atoms with Crippen molar-refractivity contribution in [1.29, 1.82) is 0 Å². The molecular formula is C18H18N2O4S. The number of aromatic nitrogens is 2. The lowest BCUT2D eigenvalue weighted by Crippen LogP contribution is -2.05. The lowest BCUT2D eigenvalue weighted by molar-refractivity contribution is 0.254. The highest BCUT2D eigenvalue weighted by atomic mass is 32.2. The van der Waals surface area contributed by atoms with Gasteiger partial charge in [0, 0.05) is 18.2 Å². The Morgan fingerprint density at radius 2 is 2.08 bits per heavy atom. The first-order valence-corrected chi connectivity index (χ1v) is 9.82. The van der Waals surface area contributed by atoms with Crippen molar-refractivity contribution in [2.75, 3.05) is 13.4 Å². The number of methoxy groups -OCH3 is 1. The molecule has 0 radical (unpaired) electrons. The van der Waals surface area contributed by atoms with Crippen molar-refractivity contribution in [3.05, 3.63) is 35.9 Å². The van der Waals surface area contributed by atoms with Crippen molar-refractivity contribution < 1.29 is 17.9 Å². The van der Waals surface area contributed by atoms with Crippen LogP contribution in [0.1, 0.15) is 12.5 Å². The van der Waals surface area contributed by atoms with E-state index in [2.05, 4.69) is 9.97 Å². The second kappa shape index (κ2) is 5.49. The number of rotatable bonds is 3. The number of hydrogen-bond donors (Lipinski definition) is 1. The van der Waals surface area contributed by atoms with E-state index in [-0.39, 0.29) is 11.0 Å². The van der Waals surface area contributed by atoms with Gasteiger partial charge in [0.25, 0.3) is 0 Å². The monoisotopic (exact) mass is 358 g/mol. The zero-order chi connectivity index (χ0) is 17.8. The molecule has 1 aromatic heterocycles. The Kier molecular flexibility index (Phi) is 3.50. The number of imidazole rings is 1. The van der Waals surface area contributed by atoms with E-state index >= 15 is 0 Å². The third kappa shape index (κ3) is 2.74. The summed E-state index contributed by atoms with van der Waals surface area (Å²) in [4.78, 5) is 8.02. The highest BCUT2D eigenvalue weighted by molar-refractivity contribution is 7.90. The topological polar surface area (TPSA) is 81.3 Å². The van der Waals surface area contributed by atoms with E-state index in [0.29, 0.717) is 22.6 Å². The van der Waals surface area contributed by atoms with Gasteiger partial charge in [0.2, 0.25) is 0 Å².